The minimum absolute atomic E-state index is 0.206. The second-order valence-electron chi connectivity index (χ2n) is 5.76. The number of carbonyl (C=O) groups excluding carboxylic acids is 2. The maximum Gasteiger partial charge on any atom is 0.408 e. The molecule has 108 valence electrons. The fourth-order valence-corrected chi connectivity index (χ4v) is 2.00. The molecule has 0 spiro atoms. The summed E-state index contributed by atoms with van der Waals surface area (Å²) >= 11 is 0. The van der Waals surface area contributed by atoms with Gasteiger partial charge in [0.15, 0.2) is 6.10 Å². The Balaban J connectivity index is 1.97. The summed E-state index contributed by atoms with van der Waals surface area (Å²) in [5, 5.41) is 2.68. The van der Waals surface area contributed by atoms with E-state index in [-0.39, 0.29) is 11.4 Å². The lowest BCUT2D eigenvalue weighted by Gasteiger charge is -2.21. The number of nitrogens with zero attached hydrogens (tertiary/aromatic N) is 2. The fourth-order valence-electron chi connectivity index (χ4n) is 2.00. The highest BCUT2D eigenvalue weighted by Gasteiger charge is 2.36. The molecule has 1 fully saturated rings. The van der Waals surface area contributed by atoms with Gasteiger partial charge in [-0.3, -0.25) is 9.78 Å². The summed E-state index contributed by atoms with van der Waals surface area (Å²) in [6.07, 6.45) is 2.47. The Morgan fingerprint density at radius 1 is 1.50 bits per heavy atom. The van der Waals surface area contributed by atoms with Gasteiger partial charge in [0.25, 0.3) is 5.91 Å². The van der Waals surface area contributed by atoms with Crippen molar-refractivity contribution in [3.8, 4) is 0 Å². The van der Waals surface area contributed by atoms with Crippen molar-refractivity contribution in [2.45, 2.75) is 38.8 Å². The molecule has 2 rings (SSSR count). The summed E-state index contributed by atoms with van der Waals surface area (Å²) in [5.74, 6) is -0.206. The number of ether oxygens (including phenoxy) is 1. The Morgan fingerprint density at radius 2 is 2.25 bits per heavy atom. The molecule has 1 saturated heterocycles. The van der Waals surface area contributed by atoms with Crippen molar-refractivity contribution in [2.24, 2.45) is 0 Å². The van der Waals surface area contributed by atoms with Gasteiger partial charge in [-0.2, -0.15) is 0 Å². The number of anilines is 1. The predicted octanol–water partition coefficient (Wildman–Crippen LogP) is 1.71. The van der Waals surface area contributed by atoms with Crippen molar-refractivity contribution in [3.05, 3.63) is 24.5 Å². The summed E-state index contributed by atoms with van der Waals surface area (Å²) in [5.41, 5.74) is 0.335. The van der Waals surface area contributed by atoms with E-state index in [1.165, 1.54) is 0 Å². The van der Waals surface area contributed by atoms with Crippen LogP contribution in [-0.4, -0.2) is 35.2 Å². The molecule has 1 aromatic heterocycles. The highest BCUT2D eigenvalue weighted by molar-refractivity contribution is 5.99. The minimum Gasteiger partial charge on any atom is -0.436 e. The molecule has 1 aliphatic heterocycles. The van der Waals surface area contributed by atoms with Gasteiger partial charge in [-0.1, -0.05) is 0 Å². The van der Waals surface area contributed by atoms with Crippen LogP contribution in [-0.2, 0) is 9.53 Å². The number of amides is 2. The van der Waals surface area contributed by atoms with E-state index in [0.717, 1.165) is 5.69 Å². The highest BCUT2D eigenvalue weighted by atomic mass is 16.6. The van der Waals surface area contributed by atoms with Crippen molar-refractivity contribution < 1.29 is 14.3 Å². The molecule has 1 atom stereocenters. The Morgan fingerprint density at radius 3 is 2.85 bits per heavy atom. The first-order valence-electron chi connectivity index (χ1n) is 6.57. The first-order valence-corrected chi connectivity index (χ1v) is 6.57. The quantitative estimate of drug-likeness (QED) is 0.893. The number of nitrogens with one attached hydrogen (secondary N) is 1. The zero-order valence-corrected chi connectivity index (χ0v) is 11.9. The van der Waals surface area contributed by atoms with Crippen LogP contribution in [0, 0.1) is 0 Å². The molecule has 2 heterocycles. The van der Waals surface area contributed by atoms with E-state index in [9.17, 15) is 9.59 Å². The summed E-state index contributed by atoms with van der Waals surface area (Å²) in [6.45, 7) is 6.09. The molecule has 0 bridgehead atoms. The normalized spacial score (nSPS) is 19.1. The molecule has 0 aromatic carbocycles. The molecule has 1 unspecified atom stereocenters. The molecule has 6 nitrogen and oxygen atoms in total. The Hall–Kier alpha value is -2.11. The van der Waals surface area contributed by atoms with Crippen LogP contribution in [0.5, 0.6) is 0 Å². The van der Waals surface area contributed by atoms with E-state index in [1.54, 1.807) is 23.4 Å². The predicted molar refractivity (Wildman–Crippen MR) is 74.4 cm³/mol. The molecule has 1 aromatic rings. The number of hydrogen-bond acceptors (Lipinski definition) is 4. The van der Waals surface area contributed by atoms with Crippen LogP contribution in [0.1, 0.15) is 27.2 Å². The second kappa shape index (κ2) is 5.48. The van der Waals surface area contributed by atoms with E-state index < -0.39 is 12.2 Å². The van der Waals surface area contributed by atoms with Gasteiger partial charge in [-0.05, 0) is 32.9 Å². The minimum atomic E-state index is -0.724. The third kappa shape index (κ3) is 3.46. The van der Waals surface area contributed by atoms with Gasteiger partial charge in [0.05, 0.1) is 11.9 Å². The topological polar surface area (TPSA) is 71.5 Å². The van der Waals surface area contributed by atoms with Gasteiger partial charge >= 0.3 is 6.09 Å². The van der Waals surface area contributed by atoms with Gasteiger partial charge in [0, 0.05) is 24.7 Å². The van der Waals surface area contributed by atoms with Crippen LogP contribution >= 0.6 is 0 Å². The number of aromatic nitrogens is 1. The molecule has 1 aliphatic rings. The van der Waals surface area contributed by atoms with Crippen LogP contribution < -0.4 is 10.2 Å². The number of carbonyl (C=O) groups is 2. The van der Waals surface area contributed by atoms with Crippen molar-refractivity contribution in [1.82, 2.24) is 10.3 Å². The summed E-state index contributed by atoms with van der Waals surface area (Å²) in [7, 11) is 0. The van der Waals surface area contributed by atoms with E-state index in [4.69, 9.17) is 4.74 Å². The first kappa shape index (κ1) is 14.3. The zero-order valence-electron chi connectivity index (χ0n) is 11.9. The van der Waals surface area contributed by atoms with Crippen molar-refractivity contribution in [2.75, 3.05) is 11.4 Å². The number of pyridine rings is 1. The van der Waals surface area contributed by atoms with Crippen molar-refractivity contribution >= 4 is 17.7 Å². The molecule has 1 N–H and O–H groups in total. The summed E-state index contributed by atoms with van der Waals surface area (Å²) < 4.78 is 5.19. The van der Waals surface area contributed by atoms with Crippen LogP contribution in [0.4, 0.5) is 10.5 Å². The number of hydrogen-bond donors (Lipinski definition) is 1. The van der Waals surface area contributed by atoms with E-state index in [0.29, 0.717) is 13.0 Å². The third-order valence-electron chi connectivity index (χ3n) is 2.84. The third-order valence-corrected chi connectivity index (χ3v) is 2.84. The van der Waals surface area contributed by atoms with Crippen molar-refractivity contribution in [1.29, 1.82) is 0 Å². The lowest BCUT2D eigenvalue weighted by Crippen LogP contribution is -2.43. The fraction of sp³-hybridized carbons (Fsp3) is 0.500. The van der Waals surface area contributed by atoms with Gasteiger partial charge in [-0.15, -0.1) is 0 Å². The SMILES string of the molecule is CC(C)(C)NC(=O)OC1CCN(c2cccnc2)C1=O. The Labute approximate surface area is 118 Å². The largest absolute Gasteiger partial charge is 0.436 e. The first-order chi connectivity index (χ1) is 9.37. The second-order valence-corrected chi connectivity index (χ2v) is 5.76. The highest BCUT2D eigenvalue weighted by Crippen LogP contribution is 2.22. The average molecular weight is 277 g/mol. The molecule has 6 heteroatoms. The van der Waals surface area contributed by atoms with E-state index in [1.807, 2.05) is 26.8 Å². The average Bonchev–Trinajstić information content (AvgIpc) is 2.70. The smallest absolute Gasteiger partial charge is 0.408 e. The van der Waals surface area contributed by atoms with Gasteiger partial charge in [0.1, 0.15) is 0 Å². The lowest BCUT2D eigenvalue weighted by atomic mass is 10.1. The van der Waals surface area contributed by atoms with Crippen LogP contribution in [0.2, 0.25) is 0 Å². The summed E-state index contributed by atoms with van der Waals surface area (Å²) in [4.78, 5) is 29.5. The lowest BCUT2D eigenvalue weighted by molar-refractivity contribution is -0.124. The standard InChI is InChI=1S/C14H19N3O3/c1-14(2,3)16-13(19)20-11-6-8-17(12(11)18)10-5-4-7-15-9-10/h4-5,7,9,11H,6,8H2,1-3H3,(H,16,19). The van der Waals surface area contributed by atoms with Gasteiger partial charge in [-0.25, -0.2) is 4.79 Å². The van der Waals surface area contributed by atoms with Crippen LogP contribution in [0.3, 0.4) is 0 Å². The molecule has 0 aliphatic carbocycles. The number of rotatable bonds is 2. The van der Waals surface area contributed by atoms with Crippen LogP contribution in [0.25, 0.3) is 0 Å². The monoisotopic (exact) mass is 277 g/mol. The van der Waals surface area contributed by atoms with Gasteiger partial charge < -0.3 is 15.0 Å². The van der Waals surface area contributed by atoms with Crippen molar-refractivity contribution in [3.63, 3.8) is 0 Å². The Kier molecular flexibility index (Phi) is 3.92. The molecule has 0 saturated carbocycles. The maximum absolute atomic E-state index is 12.2. The van der Waals surface area contributed by atoms with Crippen LogP contribution in [0.15, 0.2) is 24.5 Å². The number of alkyl carbamates (subject to hydrolysis) is 1. The van der Waals surface area contributed by atoms with E-state index in [2.05, 4.69) is 10.3 Å². The van der Waals surface area contributed by atoms with Gasteiger partial charge in [0.2, 0.25) is 0 Å². The van der Waals surface area contributed by atoms with E-state index >= 15 is 0 Å². The molecular formula is C14H19N3O3. The zero-order chi connectivity index (χ0) is 14.8. The Bertz CT molecular complexity index is 496. The molecule has 20 heavy (non-hydrogen) atoms. The molecular weight excluding hydrogens is 258 g/mol. The summed E-state index contributed by atoms with van der Waals surface area (Å²) in [6, 6.07) is 3.58. The molecule has 0 radical (unpaired) electrons. The maximum atomic E-state index is 12.2. The molecule has 2 amide bonds.